The maximum Gasteiger partial charge on any atom is 0.135 e. The number of nitrogens with zero attached hydrogens (tertiary/aromatic N) is 2. The number of hydrogen-bond donors (Lipinski definition) is 2. The minimum absolute atomic E-state index is 0.00807. The summed E-state index contributed by atoms with van der Waals surface area (Å²) in [7, 11) is 1.89. The number of aromatic nitrogens is 2. The highest BCUT2D eigenvalue weighted by atomic mass is 15.1. The van der Waals surface area contributed by atoms with Gasteiger partial charge in [0.15, 0.2) is 0 Å². The van der Waals surface area contributed by atoms with Gasteiger partial charge < -0.3 is 10.6 Å². The first kappa shape index (κ1) is 16.7. The molecule has 1 aromatic heterocycles. The van der Waals surface area contributed by atoms with Gasteiger partial charge in [0, 0.05) is 24.6 Å². The van der Waals surface area contributed by atoms with E-state index in [0.29, 0.717) is 5.92 Å². The van der Waals surface area contributed by atoms with Crippen molar-refractivity contribution < 1.29 is 0 Å². The summed E-state index contributed by atoms with van der Waals surface area (Å²) in [5, 5.41) is 6.66. The van der Waals surface area contributed by atoms with Crippen molar-refractivity contribution in [2.24, 2.45) is 5.41 Å². The van der Waals surface area contributed by atoms with Crippen molar-refractivity contribution in [3.8, 4) is 0 Å². The van der Waals surface area contributed by atoms with E-state index < -0.39 is 0 Å². The van der Waals surface area contributed by atoms with Crippen molar-refractivity contribution in [2.45, 2.75) is 66.3 Å². The van der Waals surface area contributed by atoms with Gasteiger partial charge in [-0.25, -0.2) is 9.97 Å². The average Bonchev–Trinajstić information content (AvgIpc) is 2.24. The number of hydrogen-bond acceptors (Lipinski definition) is 4. The Hall–Kier alpha value is -1.32. The molecule has 0 atom stereocenters. The van der Waals surface area contributed by atoms with Crippen LogP contribution in [-0.4, -0.2) is 22.6 Å². The Morgan fingerprint density at radius 3 is 2.05 bits per heavy atom. The van der Waals surface area contributed by atoms with Gasteiger partial charge in [0.2, 0.25) is 0 Å². The van der Waals surface area contributed by atoms with Gasteiger partial charge in [0.05, 0.1) is 0 Å². The van der Waals surface area contributed by atoms with E-state index in [4.69, 9.17) is 0 Å². The van der Waals surface area contributed by atoms with Crippen LogP contribution in [0.1, 0.15) is 66.6 Å². The second-order valence-corrected chi connectivity index (χ2v) is 7.65. The number of rotatable bonds is 5. The Morgan fingerprint density at radius 1 is 1.05 bits per heavy atom. The second-order valence-electron chi connectivity index (χ2n) is 7.65. The summed E-state index contributed by atoms with van der Waals surface area (Å²) in [5.41, 5.74) is 0.266. The van der Waals surface area contributed by atoms with Gasteiger partial charge in [-0.2, -0.15) is 0 Å². The van der Waals surface area contributed by atoms with E-state index in [1.54, 1.807) is 0 Å². The average molecular weight is 278 g/mol. The minimum Gasteiger partial charge on any atom is -0.373 e. The van der Waals surface area contributed by atoms with Gasteiger partial charge in [-0.05, 0) is 25.7 Å². The predicted molar refractivity (Wildman–Crippen MR) is 87.4 cm³/mol. The first-order chi connectivity index (χ1) is 9.02. The molecule has 4 nitrogen and oxygen atoms in total. The van der Waals surface area contributed by atoms with E-state index in [2.05, 4.69) is 69.1 Å². The predicted octanol–water partition coefficient (Wildman–Crippen LogP) is 4.27. The first-order valence-corrected chi connectivity index (χ1v) is 7.37. The minimum atomic E-state index is -0.00807. The van der Waals surface area contributed by atoms with Crippen LogP contribution in [0.25, 0.3) is 0 Å². The summed E-state index contributed by atoms with van der Waals surface area (Å²) < 4.78 is 0. The summed E-state index contributed by atoms with van der Waals surface area (Å²) >= 11 is 0. The van der Waals surface area contributed by atoms with Crippen LogP contribution < -0.4 is 10.6 Å². The molecule has 0 aliphatic rings. The summed E-state index contributed by atoms with van der Waals surface area (Å²) in [6.45, 7) is 15.4. The zero-order valence-electron chi connectivity index (χ0n) is 14.3. The van der Waals surface area contributed by atoms with Gasteiger partial charge in [0.25, 0.3) is 0 Å². The van der Waals surface area contributed by atoms with Crippen LogP contribution in [0.3, 0.4) is 0 Å². The van der Waals surface area contributed by atoms with Gasteiger partial charge in [-0.15, -0.1) is 0 Å². The van der Waals surface area contributed by atoms with Crippen molar-refractivity contribution in [3.63, 3.8) is 0 Å². The first-order valence-electron chi connectivity index (χ1n) is 7.37. The molecule has 0 unspecified atom stereocenters. The van der Waals surface area contributed by atoms with Crippen LogP contribution in [0, 0.1) is 5.41 Å². The van der Waals surface area contributed by atoms with Crippen LogP contribution in [0.5, 0.6) is 0 Å². The highest BCUT2D eigenvalue weighted by Crippen LogP contribution is 2.30. The fourth-order valence-electron chi connectivity index (χ4n) is 2.63. The Kier molecular flexibility index (Phi) is 5.00. The topological polar surface area (TPSA) is 49.8 Å². The van der Waals surface area contributed by atoms with Crippen molar-refractivity contribution >= 4 is 11.6 Å². The fourth-order valence-corrected chi connectivity index (χ4v) is 2.63. The molecule has 1 heterocycles. The third-order valence-electron chi connectivity index (χ3n) is 2.95. The molecule has 1 rings (SSSR count). The Balaban J connectivity index is 2.99. The molecule has 4 heteroatoms. The summed E-state index contributed by atoms with van der Waals surface area (Å²) in [6.07, 6.45) is 1.07. The highest BCUT2D eigenvalue weighted by molar-refractivity contribution is 5.48. The molecule has 2 N–H and O–H groups in total. The van der Waals surface area contributed by atoms with E-state index in [0.717, 1.165) is 23.9 Å². The molecule has 20 heavy (non-hydrogen) atoms. The molecule has 0 saturated heterocycles. The van der Waals surface area contributed by atoms with E-state index in [1.165, 1.54) is 0 Å². The maximum atomic E-state index is 4.63. The molecule has 0 spiro atoms. The van der Waals surface area contributed by atoms with Crippen LogP contribution in [-0.2, 0) is 0 Å². The van der Waals surface area contributed by atoms with Crippen molar-refractivity contribution in [1.29, 1.82) is 0 Å². The molecular weight excluding hydrogens is 248 g/mol. The SMILES string of the molecule is CNc1cc(NC(C)(C)CC(C)(C)C)nc(C(C)C)n1. The van der Waals surface area contributed by atoms with E-state index in [9.17, 15) is 0 Å². The van der Waals surface area contributed by atoms with Crippen molar-refractivity contribution in [2.75, 3.05) is 17.7 Å². The normalized spacial score (nSPS) is 12.7. The third kappa shape index (κ3) is 5.35. The molecule has 0 aliphatic heterocycles. The summed E-state index contributed by atoms with van der Waals surface area (Å²) in [6, 6.07) is 1.97. The lowest BCUT2D eigenvalue weighted by molar-refractivity contribution is 0.302. The van der Waals surface area contributed by atoms with Crippen molar-refractivity contribution in [1.82, 2.24) is 9.97 Å². The third-order valence-corrected chi connectivity index (χ3v) is 2.95. The fraction of sp³-hybridized carbons (Fsp3) is 0.750. The van der Waals surface area contributed by atoms with E-state index in [-0.39, 0.29) is 11.0 Å². The van der Waals surface area contributed by atoms with Crippen molar-refractivity contribution in [3.05, 3.63) is 11.9 Å². The molecule has 0 aromatic carbocycles. The lowest BCUT2D eigenvalue weighted by Gasteiger charge is -2.34. The standard InChI is InChI=1S/C16H30N4/c1-11(2)14-18-12(17-8)9-13(19-14)20-16(6,7)10-15(3,4)5/h9,11H,10H2,1-8H3,(H2,17,18,19,20). The zero-order valence-corrected chi connectivity index (χ0v) is 14.3. The van der Waals surface area contributed by atoms with E-state index in [1.807, 2.05) is 13.1 Å². The van der Waals surface area contributed by atoms with Gasteiger partial charge in [-0.1, -0.05) is 34.6 Å². The monoisotopic (exact) mass is 278 g/mol. The molecule has 0 fully saturated rings. The molecule has 0 aliphatic carbocycles. The Morgan fingerprint density at radius 2 is 1.60 bits per heavy atom. The van der Waals surface area contributed by atoms with E-state index >= 15 is 0 Å². The maximum absolute atomic E-state index is 4.63. The molecule has 114 valence electrons. The van der Waals surface area contributed by atoms with Gasteiger partial charge >= 0.3 is 0 Å². The molecule has 0 saturated carbocycles. The van der Waals surface area contributed by atoms with Crippen LogP contribution in [0.4, 0.5) is 11.6 Å². The largest absolute Gasteiger partial charge is 0.373 e. The Bertz CT molecular complexity index is 444. The quantitative estimate of drug-likeness (QED) is 0.844. The van der Waals surface area contributed by atoms with Gasteiger partial charge in [0.1, 0.15) is 17.5 Å². The zero-order chi connectivity index (χ0) is 15.6. The molecule has 1 aromatic rings. The molecule has 0 bridgehead atoms. The lowest BCUT2D eigenvalue weighted by atomic mass is 9.82. The summed E-state index contributed by atoms with van der Waals surface area (Å²) in [4.78, 5) is 9.13. The van der Waals surface area contributed by atoms with Gasteiger partial charge in [-0.3, -0.25) is 0 Å². The lowest BCUT2D eigenvalue weighted by Crippen LogP contribution is -2.35. The molecular formula is C16H30N4. The van der Waals surface area contributed by atoms with Crippen LogP contribution in [0.15, 0.2) is 6.07 Å². The number of anilines is 2. The smallest absolute Gasteiger partial charge is 0.135 e. The number of nitrogens with one attached hydrogen (secondary N) is 2. The molecule has 0 amide bonds. The Labute approximate surface area is 123 Å². The highest BCUT2D eigenvalue weighted by Gasteiger charge is 2.26. The summed E-state index contributed by atoms with van der Waals surface area (Å²) in [5.74, 6) is 2.93. The van der Waals surface area contributed by atoms with Crippen LogP contribution >= 0.6 is 0 Å². The van der Waals surface area contributed by atoms with Crippen LogP contribution in [0.2, 0.25) is 0 Å². The molecule has 0 radical (unpaired) electrons. The second kappa shape index (κ2) is 5.98.